The summed E-state index contributed by atoms with van der Waals surface area (Å²) in [5.74, 6) is 0.389. The fourth-order valence-electron chi connectivity index (χ4n) is 2.00. The average Bonchev–Trinajstić information content (AvgIpc) is 2.81. The molecule has 0 bridgehead atoms. The van der Waals surface area contributed by atoms with Gasteiger partial charge in [-0.25, -0.2) is 14.6 Å². The van der Waals surface area contributed by atoms with Gasteiger partial charge in [0, 0.05) is 12.3 Å². The van der Waals surface area contributed by atoms with Crippen LogP contribution in [-0.4, -0.2) is 26.1 Å². The predicted molar refractivity (Wildman–Crippen MR) is 72.5 cm³/mol. The van der Waals surface area contributed by atoms with Crippen LogP contribution < -0.4 is 10.5 Å². The van der Waals surface area contributed by atoms with Crippen molar-refractivity contribution in [2.45, 2.75) is 13.3 Å². The Hall–Kier alpha value is -2.84. The zero-order chi connectivity index (χ0) is 15.9. The number of aromatic nitrogens is 4. The number of alkyl halides is 3. The van der Waals surface area contributed by atoms with Crippen molar-refractivity contribution in [3.05, 3.63) is 36.3 Å². The molecule has 0 aliphatic heterocycles. The lowest BCUT2D eigenvalue weighted by molar-refractivity contribution is -0.274. The normalized spacial score (nSPS) is 11.8. The van der Waals surface area contributed by atoms with Gasteiger partial charge in [0.25, 0.3) is 0 Å². The van der Waals surface area contributed by atoms with Crippen LogP contribution in [0, 0.1) is 6.92 Å². The van der Waals surface area contributed by atoms with Crippen LogP contribution in [-0.2, 0) is 0 Å². The summed E-state index contributed by atoms with van der Waals surface area (Å²) in [4.78, 5) is 8.14. The standard InChI is InChI=1S/C13H10F3N5O/c1-7-18-11(17)10-6-21(20-12(10)19-7)8-3-2-4-9(5-8)22-13(14,15)16/h2-6H,1H3,(H2,17,18,19,20). The topological polar surface area (TPSA) is 78.8 Å². The van der Waals surface area contributed by atoms with Gasteiger partial charge in [-0.3, -0.25) is 0 Å². The molecule has 0 fully saturated rings. The number of aryl methyl sites for hydroxylation is 1. The summed E-state index contributed by atoms with van der Waals surface area (Å²) in [5, 5.41) is 4.71. The fraction of sp³-hybridized carbons (Fsp3) is 0.154. The maximum Gasteiger partial charge on any atom is 0.573 e. The Morgan fingerprint density at radius 1 is 1.23 bits per heavy atom. The molecule has 0 saturated carbocycles. The van der Waals surface area contributed by atoms with E-state index in [-0.39, 0.29) is 11.6 Å². The van der Waals surface area contributed by atoms with Crippen molar-refractivity contribution in [2.75, 3.05) is 5.73 Å². The van der Waals surface area contributed by atoms with E-state index in [1.165, 1.54) is 22.9 Å². The third kappa shape index (κ3) is 2.78. The summed E-state index contributed by atoms with van der Waals surface area (Å²) in [6.45, 7) is 1.67. The SMILES string of the molecule is Cc1nc(N)c2cn(-c3cccc(OC(F)(F)F)c3)nc2n1. The van der Waals surface area contributed by atoms with E-state index in [9.17, 15) is 13.2 Å². The number of halogens is 3. The van der Waals surface area contributed by atoms with Gasteiger partial charge in [0.05, 0.1) is 11.1 Å². The molecule has 1 aromatic carbocycles. The van der Waals surface area contributed by atoms with Crippen LogP contribution in [0.5, 0.6) is 5.75 Å². The molecule has 9 heteroatoms. The molecule has 0 radical (unpaired) electrons. The average molecular weight is 309 g/mol. The van der Waals surface area contributed by atoms with Gasteiger partial charge in [-0.1, -0.05) is 6.07 Å². The maximum atomic E-state index is 12.3. The first kappa shape index (κ1) is 14.1. The highest BCUT2D eigenvalue weighted by Crippen LogP contribution is 2.25. The molecular formula is C13H10F3N5O. The molecule has 2 N–H and O–H groups in total. The molecule has 114 valence electrons. The van der Waals surface area contributed by atoms with E-state index in [0.29, 0.717) is 22.5 Å². The van der Waals surface area contributed by atoms with Gasteiger partial charge in [0.15, 0.2) is 5.65 Å². The first-order valence-electron chi connectivity index (χ1n) is 6.17. The summed E-state index contributed by atoms with van der Waals surface area (Å²) in [6, 6.07) is 5.45. The van der Waals surface area contributed by atoms with Crippen molar-refractivity contribution in [2.24, 2.45) is 0 Å². The molecule has 3 rings (SSSR count). The lowest BCUT2D eigenvalue weighted by Crippen LogP contribution is -2.17. The molecule has 2 aromatic heterocycles. The Morgan fingerprint density at radius 3 is 2.73 bits per heavy atom. The summed E-state index contributed by atoms with van der Waals surface area (Å²) in [5.41, 5.74) is 6.54. The Kier molecular flexibility index (Phi) is 3.12. The second-order valence-corrected chi connectivity index (χ2v) is 4.51. The summed E-state index contributed by atoms with van der Waals surface area (Å²) < 4.78 is 42.0. The Labute approximate surface area is 122 Å². The van der Waals surface area contributed by atoms with Crippen LogP contribution in [0.4, 0.5) is 19.0 Å². The molecule has 0 aliphatic rings. The zero-order valence-electron chi connectivity index (χ0n) is 11.3. The van der Waals surface area contributed by atoms with E-state index in [1.807, 2.05) is 0 Å². The smallest absolute Gasteiger partial charge is 0.406 e. The molecular weight excluding hydrogens is 299 g/mol. The summed E-state index contributed by atoms with van der Waals surface area (Å²) in [6.07, 6.45) is -3.20. The minimum Gasteiger partial charge on any atom is -0.406 e. The number of anilines is 1. The molecule has 0 saturated heterocycles. The molecule has 0 aliphatic carbocycles. The van der Waals surface area contributed by atoms with Gasteiger partial charge < -0.3 is 10.5 Å². The van der Waals surface area contributed by atoms with Crippen molar-refractivity contribution in [3.63, 3.8) is 0 Å². The second kappa shape index (κ2) is 4.86. The molecule has 0 amide bonds. The first-order chi connectivity index (χ1) is 10.3. The van der Waals surface area contributed by atoms with E-state index in [1.54, 1.807) is 19.2 Å². The quantitative estimate of drug-likeness (QED) is 0.787. The number of ether oxygens (including phenoxy) is 1. The minimum absolute atomic E-state index is 0.261. The monoisotopic (exact) mass is 309 g/mol. The number of nitrogens with two attached hydrogens (primary N) is 1. The molecule has 0 spiro atoms. The second-order valence-electron chi connectivity index (χ2n) is 4.51. The van der Waals surface area contributed by atoms with Crippen molar-refractivity contribution in [1.82, 2.24) is 19.7 Å². The van der Waals surface area contributed by atoms with Gasteiger partial charge in [-0.2, -0.15) is 0 Å². The van der Waals surface area contributed by atoms with E-state index >= 15 is 0 Å². The number of rotatable bonds is 2. The summed E-state index contributed by atoms with van der Waals surface area (Å²) >= 11 is 0. The first-order valence-corrected chi connectivity index (χ1v) is 6.17. The number of hydrogen-bond donors (Lipinski definition) is 1. The molecule has 0 atom stereocenters. The third-order valence-electron chi connectivity index (χ3n) is 2.84. The van der Waals surface area contributed by atoms with Crippen molar-refractivity contribution in [3.8, 4) is 11.4 Å². The summed E-state index contributed by atoms with van der Waals surface area (Å²) in [7, 11) is 0. The van der Waals surface area contributed by atoms with Crippen LogP contribution in [0.15, 0.2) is 30.5 Å². The largest absolute Gasteiger partial charge is 0.573 e. The van der Waals surface area contributed by atoms with Crippen molar-refractivity contribution in [1.29, 1.82) is 0 Å². The molecule has 0 unspecified atom stereocenters. The van der Waals surface area contributed by atoms with E-state index in [4.69, 9.17) is 5.73 Å². The van der Waals surface area contributed by atoms with Gasteiger partial charge in [0.1, 0.15) is 17.4 Å². The van der Waals surface area contributed by atoms with Crippen LogP contribution in [0.25, 0.3) is 16.7 Å². The predicted octanol–water partition coefficient (Wildman–Crippen LogP) is 2.60. The van der Waals surface area contributed by atoms with Gasteiger partial charge in [-0.15, -0.1) is 18.3 Å². The highest BCUT2D eigenvalue weighted by molar-refractivity contribution is 5.85. The lowest BCUT2D eigenvalue weighted by atomic mass is 10.3. The maximum absolute atomic E-state index is 12.3. The Bertz CT molecular complexity index is 843. The van der Waals surface area contributed by atoms with E-state index < -0.39 is 6.36 Å². The van der Waals surface area contributed by atoms with Gasteiger partial charge >= 0.3 is 6.36 Å². The highest BCUT2D eigenvalue weighted by Gasteiger charge is 2.31. The number of fused-ring (bicyclic) bond motifs is 1. The minimum atomic E-state index is -4.75. The van der Waals surface area contributed by atoms with Gasteiger partial charge in [-0.05, 0) is 19.1 Å². The highest BCUT2D eigenvalue weighted by atomic mass is 19.4. The van der Waals surface area contributed by atoms with Crippen molar-refractivity contribution < 1.29 is 17.9 Å². The third-order valence-corrected chi connectivity index (χ3v) is 2.84. The molecule has 22 heavy (non-hydrogen) atoms. The van der Waals surface area contributed by atoms with Crippen LogP contribution in [0.1, 0.15) is 5.82 Å². The van der Waals surface area contributed by atoms with Crippen LogP contribution >= 0.6 is 0 Å². The van der Waals surface area contributed by atoms with Gasteiger partial charge in [0.2, 0.25) is 0 Å². The Balaban J connectivity index is 2.04. The zero-order valence-corrected chi connectivity index (χ0v) is 11.3. The lowest BCUT2D eigenvalue weighted by Gasteiger charge is -2.09. The number of benzene rings is 1. The molecule has 3 aromatic rings. The molecule has 6 nitrogen and oxygen atoms in total. The number of hydrogen-bond acceptors (Lipinski definition) is 5. The number of nitrogens with zero attached hydrogens (tertiary/aromatic N) is 4. The van der Waals surface area contributed by atoms with Crippen LogP contribution in [0.2, 0.25) is 0 Å². The molecule has 2 heterocycles. The van der Waals surface area contributed by atoms with E-state index in [2.05, 4.69) is 19.8 Å². The van der Waals surface area contributed by atoms with E-state index in [0.717, 1.165) is 0 Å². The Morgan fingerprint density at radius 2 is 2.00 bits per heavy atom. The fourth-order valence-corrected chi connectivity index (χ4v) is 2.00. The van der Waals surface area contributed by atoms with Crippen LogP contribution in [0.3, 0.4) is 0 Å². The number of nitrogen functional groups attached to an aromatic ring is 1. The van der Waals surface area contributed by atoms with Crippen molar-refractivity contribution >= 4 is 16.9 Å².